The summed E-state index contributed by atoms with van der Waals surface area (Å²) in [6.45, 7) is 0. The lowest BCUT2D eigenvalue weighted by Crippen LogP contribution is -1.99. The van der Waals surface area contributed by atoms with Crippen LogP contribution >= 0.6 is 0 Å². The standard InChI is InChI=1S/C6H7N5O/c1-7-5-8-2-3-4(10-5)11-6(12)9-3/h2H,1H3,(H3,7,8,9,10,11,12). The molecule has 0 amide bonds. The van der Waals surface area contributed by atoms with Crippen LogP contribution in [-0.4, -0.2) is 27.0 Å². The zero-order valence-electron chi connectivity index (χ0n) is 6.38. The Labute approximate surface area is 67.1 Å². The summed E-state index contributed by atoms with van der Waals surface area (Å²) < 4.78 is 0. The fourth-order valence-corrected chi connectivity index (χ4v) is 0.950. The first-order valence-corrected chi connectivity index (χ1v) is 3.42. The number of nitrogens with zero attached hydrogens (tertiary/aromatic N) is 2. The van der Waals surface area contributed by atoms with E-state index in [1.54, 1.807) is 13.2 Å². The van der Waals surface area contributed by atoms with Gasteiger partial charge in [0.2, 0.25) is 5.95 Å². The SMILES string of the molecule is CNc1ncc2[nH]c(=O)[nH]c2n1. The molecule has 6 heteroatoms. The van der Waals surface area contributed by atoms with E-state index in [-0.39, 0.29) is 5.69 Å². The van der Waals surface area contributed by atoms with Gasteiger partial charge in [0, 0.05) is 7.05 Å². The van der Waals surface area contributed by atoms with Crippen LogP contribution in [0.4, 0.5) is 5.95 Å². The van der Waals surface area contributed by atoms with Gasteiger partial charge in [-0.25, -0.2) is 9.78 Å². The van der Waals surface area contributed by atoms with Crippen molar-refractivity contribution in [1.29, 1.82) is 0 Å². The van der Waals surface area contributed by atoms with E-state index < -0.39 is 0 Å². The average molecular weight is 165 g/mol. The fourth-order valence-electron chi connectivity index (χ4n) is 0.950. The van der Waals surface area contributed by atoms with Crippen LogP contribution in [0.2, 0.25) is 0 Å². The first kappa shape index (κ1) is 6.84. The zero-order chi connectivity index (χ0) is 8.55. The molecule has 62 valence electrons. The molecule has 0 atom stereocenters. The molecule has 0 aliphatic heterocycles. The molecule has 3 N–H and O–H groups in total. The van der Waals surface area contributed by atoms with Gasteiger partial charge in [-0.2, -0.15) is 4.98 Å². The molecule has 2 rings (SSSR count). The highest BCUT2D eigenvalue weighted by Crippen LogP contribution is 2.03. The van der Waals surface area contributed by atoms with E-state index in [4.69, 9.17) is 0 Å². The van der Waals surface area contributed by atoms with E-state index in [2.05, 4.69) is 25.3 Å². The molecule has 0 radical (unpaired) electrons. The number of H-pyrrole nitrogens is 2. The minimum Gasteiger partial charge on any atom is -0.357 e. The molecule has 0 spiro atoms. The second-order valence-electron chi connectivity index (χ2n) is 2.29. The molecule has 6 nitrogen and oxygen atoms in total. The minimum absolute atomic E-state index is 0.271. The van der Waals surface area contributed by atoms with E-state index in [0.717, 1.165) is 0 Å². The van der Waals surface area contributed by atoms with E-state index in [1.165, 1.54) is 0 Å². The van der Waals surface area contributed by atoms with Crippen LogP contribution in [0.15, 0.2) is 11.0 Å². The molecule has 2 aromatic heterocycles. The minimum atomic E-state index is -0.271. The summed E-state index contributed by atoms with van der Waals surface area (Å²) in [4.78, 5) is 23.8. The van der Waals surface area contributed by atoms with Crippen molar-refractivity contribution < 1.29 is 0 Å². The second kappa shape index (κ2) is 2.33. The molecular weight excluding hydrogens is 158 g/mol. The third-order valence-electron chi connectivity index (χ3n) is 1.49. The quantitative estimate of drug-likeness (QED) is 0.541. The van der Waals surface area contributed by atoms with Crippen LogP contribution in [0.5, 0.6) is 0 Å². The van der Waals surface area contributed by atoms with Crippen LogP contribution in [0.1, 0.15) is 0 Å². The Hall–Kier alpha value is -1.85. The van der Waals surface area contributed by atoms with Crippen molar-refractivity contribution in [3.8, 4) is 0 Å². The lowest BCUT2D eigenvalue weighted by Gasteiger charge is -1.94. The van der Waals surface area contributed by atoms with Crippen LogP contribution in [0.3, 0.4) is 0 Å². The van der Waals surface area contributed by atoms with Gasteiger partial charge >= 0.3 is 5.69 Å². The number of rotatable bonds is 1. The van der Waals surface area contributed by atoms with Crippen LogP contribution in [-0.2, 0) is 0 Å². The number of aromatic amines is 2. The Morgan fingerprint density at radius 1 is 1.50 bits per heavy atom. The summed E-state index contributed by atoms with van der Waals surface area (Å²) in [5.41, 5.74) is 0.853. The van der Waals surface area contributed by atoms with Gasteiger partial charge < -0.3 is 10.3 Å². The van der Waals surface area contributed by atoms with Gasteiger partial charge in [0.25, 0.3) is 0 Å². The number of imidazole rings is 1. The predicted octanol–water partition coefficient (Wildman–Crippen LogP) is -0.312. The number of nitrogens with one attached hydrogen (secondary N) is 3. The molecule has 2 heterocycles. The summed E-state index contributed by atoms with van der Waals surface area (Å²) in [6.07, 6.45) is 1.55. The maximum Gasteiger partial charge on any atom is 0.325 e. The first-order chi connectivity index (χ1) is 5.79. The lowest BCUT2D eigenvalue weighted by atomic mass is 10.6. The third-order valence-corrected chi connectivity index (χ3v) is 1.49. The molecule has 0 bridgehead atoms. The highest BCUT2D eigenvalue weighted by molar-refractivity contribution is 5.69. The highest BCUT2D eigenvalue weighted by Gasteiger charge is 1.99. The van der Waals surface area contributed by atoms with Crippen LogP contribution < -0.4 is 11.0 Å². The van der Waals surface area contributed by atoms with Crippen molar-refractivity contribution in [2.75, 3.05) is 12.4 Å². The molecule has 0 aliphatic rings. The smallest absolute Gasteiger partial charge is 0.325 e. The number of hydrogen-bond donors (Lipinski definition) is 3. The van der Waals surface area contributed by atoms with Crippen molar-refractivity contribution in [1.82, 2.24) is 19.9 Å². The summed E-state index contributed by atoms with van der Waals surface area (Å²) >= 11 is 0. The molecule has 12 heavy (non-hydrogen) atoms. The van der Waals surface area contributed by atoms with Gasteiger partial charge in [0.05, 0.1) is 6.20 Å². The van der Waals surface area contributed by atoms with Crippen LogP contribution in [0.25, 0.3) is 11.2 Å². The number of aromatic nitrogens is 4. The van der Waals surface area contributed by atoms with Gasteiger partial charge in [-0.15, -0.1) is 0 Å². The van der Waals surface area contributed by atoms with Gasteiger partial charge in [0.15, 0.2) is 5.65 Å². The fraction of sp³-hybridized carbons (Fsp3) is 0.167. The van der Waals surface area contributed by atoms with Crippen molar-refractivity contribution in [2.45, 2.75) is 0 Å². The molecule has 0 aromatic carbocycles. The first-order valence-electron chi connectivity index (χ1n) is 3.42. The molecule has 0 saturated carbocycles. The highest BCUT2D eigenvalue weighted by atomic mass is 16.1. The molecule has 0 unspecified atom stereocenters. The maximum absolute atomic E-state index is 10.8. The largest absolute Gasteiger partial charge is 0.357 e. The number of anilines is 1. The van der Waals surface area contributed by atoms with E-state index >= 15 is 0 Å². The van der Waals surface area contributed by atoms with E-state index in [1.807, 2.05) is 0 Å². The van der Waals surface area contributed by atoms with Crippen molar-refractivity contribution in [3.05, 3.63) is 16.7 Å². The molecular formula is C6H7N5O. The second-order valence-corrected chi connectivity index (χ2v) is 2.29. The van der Waals surface area contributed by atoms with E-state index in [9.17, 15) is 4.79 Å². The molecule has 0 saturated heterocycles. The average Bonchev–Trinajstić information content (AvgIpc) is 2.43. The van der Waals surface area contributed by atoms with Gasteiger partial charge in [0.1, 0.15) is 5.52 Å². The predicted molar refractivity (Wildman–Crippen MR) is 44.1 cm³/mol. The summed E-state index contributed by atoms with van der Waals surface area (Å²) in [5, 5.41) is 2.77. The Morgan fingerprint density at radius 2 is 2.33 bits per heavy atom. The Balaban J connectivity index is 2.74. The van der Waals surface area contributed by atoms with Crippen molar-refractivity contribution in [2.24, 2.45) is 0 Å². The van der Waals surface area contributed by atoms with E-state index in [0.29, 0.717) is 17.1 Å². The summed E-state index contributed by atoms with van der Waals surface area (Å²) in [5.74, 6) is 0.484. The number of fused-ring (bicyclic) bond motifs is 1. The summed E-state index contributed by atoms with van der Waals surface area (Å²) in [7, 11) is 1.71. The molecule has 0 fully saturated rings. The van der Waals surface area contributed by atoms with Gasteiger partial charge in [-0.1, -0.05) is 0 Å². The Morgan fingerprint density at radius 3 is 3.08 bits per heavy atom. The molecule has 2 aromatic rings. The monoisotopic (exact) mass is 165 g/mol. The normalized spacial score (nSPS) is 10.4. The Kier molecular flexibility index (Phi) is 1.33. The maximum atomic E-state index is 10.8. The molecule has 0 aliphatic carbocycles. The third kappa shape index (κ3) is 0.931. The van der Waals surface area contributed by atoms with Gasteiger partial charge in [-0.05, 0) is 0 Å². The summed E-state index contributed by atoms with van der Waals surface area (Å²) in [6, 6.07) is 0. The van der Waals surface area contributed by atoms with Gasteiger partial charge in [-0.3, -0.25) is 4.98 Å². The van der Waals surface area contributed by atoms with Crippen LogP contribution in [0, 0.1) is 0 Å². The Bertz CT molecular complexity index is 456. The lowest BCUT2D eigenvalue weighted by molar-refractivity contribution is 1.17. The number of hydrogen-bond acceptors (Lipinski definition) is 4. The zero-order valence-corrected chi connectivity index (χ0v) is 6.38. The van der Waals surface area contributed by atoms with Crippen molar-refractivity contribution in [3.63, 3.8) is 0 Å². The topological polar surface area (TPSA) is 86.5 Å². The van der Waals surface area contributed by atoms with Crippen molar-refractivity contribution >= 4 is 17.1 Å².